The standard InChI is InChI=1S/C24H27N3O3S/c1-14(2)20(22(29)25-12-16-10-8-15(3)9-11-16)26-21(28)19-13-31-24-18-7-5-4-6-17(18)23(30)27(19)24/h4-11,14,19-20,24H,12-13H2,1-3H3,(H,25,29)(H,26,28). The summed E-state index contributed by atoms with van der Waals surface area (Å²) in [6.07, 6.45) is 0. The van der Waals surface area contributed by atoms with Crippen LogP contribution in [-0.2, 0) is 16.1 Å². The number of carbonyl (C=O) groups excluding carboxylic acids is 3. The average Bonchev–Trinajstić information content (AvgIpc) is 3.31. The number of nitrogens with one attached hydrogen (secondary N) is 2. The van der Waals surface area contributed by atoms with Gasteiger partial charge in [-0.25, -0.2) is 0 Å². The minimum Gasteiger partial charge on any atom is -0.350 e. The van der Waals surface area contributed by atoms with Gasteiger partial charge in [-0.2, -0.15) is 0 Å². The Balaban J connectivity index is 1.41. The molecule has 0 bridgehead atoms. The Morgan fingerprint density at radius 2 is 1.84 bits per heavy atom. The highest BCUT2D eigenvalue weighted by atomic mass is 32.2. The highest BCUT2D eigenvalue weighted by molar-refractivity contribution is 7.99. The van der Waals surface area contributed by atoms with Gasteiger partial charge in [-0.15, -0.1) is 11.8 Å². The Bertz CT molecular complexity index is 1010. The number of carbonyl (C=O) groups is 3. The van der Waals surface area contributed by atoms with E-state index >= 15 is 0 Å². The van der Waals surface area contributed by atoms with Gasteiger partial charge in [0.05, 0.1) is 0 Å². The van der Waals surface area contributed by atoms with Crippen molar-refractivity contribution >= 4 is 29.5 Å². The van der Waals surface area contributed by atoms with Crippen LogP contribution in [0.1, 0.15) is 46.3 Å². The minimum absolute atomic E-state index is 0.0849. The molecular weight excluding hydrogens is 410 g/mol. The molecule has 4 rings (SSSR count). The molecule has 2 heterocycles. The summed E-state index contributed by atoms with van der Waals surface area (Å²) in [5.41, 5.74) is 3.79. The first kappa shape index (κ1) is 21.4. The summed E-state index contributed by atoms with van der Waals surface area (Å²) < 4.78 is 0. The van der Waals surface area contributed by atoms with Gasteiger partial charge < -0.3 is 15.5 Å². The van der Waals surface area contributed by atoms with Crippen molar-refractivity contribution < 1.29 is 14.4 Å². The van der Waals surface area contributed by atoms with Crippen LogP contribution in [0, 0.1) is 12.8 Å². The molecule has 3 amide bonds. The number of hydrogen-bond acceptors (Lipinski definition) is 4. The zero-order valence-corrected chi connectivity index (χ0v) is 18.7. The lowest BCUT2D eigenvalue weighted by Gasteiger charge is -2.27. The third-order valence-electron chi connectivity index (χ3n) is 5.83. The predicted molar refractivity (Wildman–Crippen MR) is 121 cm³/mol. The van der Waals surface area contributed by atoms with Crippen LogP contribution in [0.4, 0.5) is 0 Å². The summed E-state index contributed by atoms with van der Waals surface area (Å²) >= 11 is 1.59. The molecule has 2 N–H and O–H groups in total. The molecule has 2 aliphatic rings. The lowest BCUT2D eigenvalue weighted by atomic mass is 10.0. The second-order valence-corrected chi connectivity index (χ2v) is 9.55. The van der Waals surface area contributed by atoms with Crippen molar-refractivity contribution in [2.24, 2.45) is 5.92 Å². The Hall–Kier alpha value is -2.80. The number of benzene rings is 2. The van der Waals surface area contributed by atoms with Gasteiger partial charge in [-0.1, -0.05) is 61.9 Å². The molecule has 2 aliphatic heterocycles. The molecule has 3 unspecified atom stereocenters. The molecule has 0 saturated carbocycles. The highest BCUT2D eigenvalue weighted by Crippen LogP contribution is 2.48. The lowest BCUT2D eigenvalue weighted by molar-refractivity contribution is -0.132. The van der Waals surface area contributed by atoms with Crippen LogP contribution in [-0.4, -0.2) is 40.5 Å². The molecule has 3 atom stereocenters. The summed E-state index contributed by atoms with van der Waals surface area (Å²) in [4.78, 5) is 40.5. The van der Waals surface area contributed by atoms with Crippen LogP contribution in [0.25, 0.3) is 0 Å². The maximum atomic E-state index is 13.1. The number of hydrogen-bond donors (Lipinski definition) is 2. The number of nitrogens with zero attached hydrogens (tertiary/aromatic N) is 1. The van der Waals surface area contributed by atoms with E-state index in [2.05, 4.69) is 10.6 Å². The topological polar surface area (TPSA) is 78.5 Å². The second-order valence-electron chi connectivity index (χ2n) is 8.43. The number of rotatable bonds is 6. The molecule has 0 radical (unpaired) electrons. The van der Waals surface area contributed by atoms with Gasteiger partial charge in [0.1, 0.15) is 17.5 Å². The third-order valence-corrected chi connectivity index (χ3v) is 7.13. The Morgan fingerprint density at radius 3 is 2.55 bits per heavy atom. The van der Waals surface area contributed by atoms with Gasteiger partial charge in [-0.3, -0.25) is 14.4 Å². The summed E-state index contributed by atoms with van der Waals surface area (Å²) in [6, 6.07) is 14.2. The van der Waals surface area contributed by atoms with Crippen LogP contribution in [0.5, 0.6) is 0 Å². The maximum Gasteiger partial charge on any atom is 0.256 e. The van der Waals surface area contributed by atoms with Crippen LogP contribution >= 0.6 is 11.8 Å². The van der Waals surface area contributed by atoms with Crippen LogP contribution < -0.4 is 10.6 Å². The molecule has 0 aromatic heterocycles. The lowest BCUT2D eigenvalue weighted by Crippen LogP contribution is -2.55. The Kier molecular flexibility index (Phi) is 6.05. The quantitative estimate of drug-likeness (QED) is 0.728. The molecule has 31 heavy (non-hydrogen) atoms. The molecule has 162 valence electrons. The van der Waals surface area contributed by atoms with Crippen molar-refractivity contribution in [1.82, 2.24) is 15.5 Å². The molecule has 0 aliphatic carbocycles. The van der Waals surface area contributed by atoms with E-state index in [4.69, 9.17) is 0 Å². The van der Waals surface area contributed by atoms with Gasteiger partial charge >= 0.3 is 0 Å². The van der Waals surface area contributed by atoms with Crippen molar-refractivity contribution in [3.8, 4) is 0 Å². The minimum atomic E-state index is -0.665. The third kappa shape index (κ3) is 4.19. The van der Waals surface area contributed by atoms with Crippen LogP contribution in [0.15, 0.2) is 48.5 Å². The highest BCUT2D eigenvalue weighted by Gasteiger charge is 2.48. The van der Waals surface area contributed by atoms with E-state index in [0.717, 1.165) is 16.7 Å². The fraction of sp³-hybridized carbons (Fsp3) is 0.375. The summed E-state index contributed by atoms with van der Waals surface area (Å²) in [5, 5.41) is 5.70. The molecule has 1 fully saturated rings. The van der Waals surface area contributed by atoms with E-state index in [-0.39, 0.29) is 29.0 Å². The molecule has 6 nitrogen and oxygen atoms in total. The normalized spacial score (nSPS) is 20.4. The summed E-state index contributed by atoms with van der Waals surface area (Å²) in [5.74, 6) is -0.178. The van der Waals surface area contributed by atoms with Crippen LogP contribution in [0.2, 0.25) is 0 Å². The number of thioether (sulfide) groups is 1. The van der Waals surface area contributed by atoms with E-state index < -0.39 is 12.1 Å². The number of aryl methyl sites for hydroxylation is 1. The molecule has 2 aromatic carbocycles. The SMILES string of the molecule is Cc1ccc(CNC(=O)C(NC(=O)C2CSC3c4ccccc4C(=O)N23)C(C)C)cc1. The predicted octanol–water partition coefficient (Wildman–Crippen LogP) is 3.02. The van der Waals surface area contributed by atoms with Gasteiger partial charge in [0.25, 0.3) is 5.91 Å². The van der Waals surface area contributed by atoms with E-state index in [1.807, 2.05) is 63.2 Å². The first-order valence-corrected chi connectivity index (χ1v) is 11.6. The largest absolute Gasteiger partial charge is 0.350 e. The van der Waals surface area contributed by atoms with Gasteiger partial charge in [-0.05, 0) is 30.0 Å². The van der Waals surface area contributed by atoms with Crippen molar-refractivity contribution in [3.05, 3.63) is 70.8 Å². The Morgan fingerprint density at radius 1 is 1.13 bits per heavy atom. The summed E-state index contributed by atoms with van der Waals surface area (Å²) in [7, 11) is 0. The fourth-order valence-electron chi connectivity index (χ4n) is 4.03. The van der Waals surface area contributed by atoms with Crippen molar-refractivity contribution in [3.63, 3.8) is 0 Å². The zero-order chi connectivity index (χ0) is 22.1. The maximum absolute atomic E-state index is 13.1. The van der Waals surface area contributed by atoms with Gasteiger partial charge in [0, 0.05) is 17.9 Å². The van der Waals surface area contributed by atoms with Crippen molar-refractivity contribution in [2.45, 2.75) is 44.8 Å². The molecule has 7 heteroatoms. The first-order chi connectivity index (χ1) is 14.9. The molecule has 0 spiro atoms. The molecule has 2 aromatic rings. The number of amides is 3. The number of fused-ring (bicyclic) bond motifs is 3. The monoisotopic (exact) mass is 437 g/mol. The average molecular weight is 438 g/mol. The molecular formula is C24H27N3O3S. The van der Waals surface area contributed by atoms with Gasteiger partial charge in [0.2, 0.25) is 11.8 Å². The molecule has 1 saturated heterocycles. The second kappa shape index (κ2) is 8.75. The van der Waals surface area contributed by atoms with E-state index in [1.54, 1.807) is 22.7 Å². The summed E-state index contributed by atoms with van der Waals surface area (Å²) in [6.45, 7) is 6.22. The smallest absolute Gasteiger partial charge is 0.256 e. The van der Waals surface area contributed by atoms with E-state index in [0.29, 0.717) is 17.9 Å². The fourth-order valence-corrected chi connectivity index (χ4v) is 5.50. The van der Waals surface area contributed by atoms with E-state index in [9.17, 15) is 14.4 Å². The Labute approximate surface area is 186 Å². The van der Waals surface area contributed by atoms with Crippen LogP contribution in [0.3, 0.4) is 0 Å². The first-order valence-electron chi connectivity index (χ1n) is 10.5. The zero-order valence-electron chi connectivity index (χ0n) is 17.9. The van der Waals surface area contributed by atoms with Crippen molar-refractivity contribution in [1.29, 1.82) is 0 Å². The van der Waals surface area contributed by atoms with Gasteiger partial charge in [0.15, 0.2) is 0 Å². The van der Waals surface area contributed by atoms with E-state index in [1.165, 1.54) is 0 Å². The van der Waals surface area contributed by atoms with Crippen molar-refractivity contribution in [2.75, 3.05) is 5.75 Å².